The number of hydrogen-bond donors (Lipinski definition) is 2. The molecule has 1 fully saturated rings. The highest BCUT2D eigenvalue weighted by atomic mass is 32.2. The van der Waals surface area contributed by atoms with E-state index in [-0.39, 0.29) is 17.5 Å². The van der Waals surface area contributed by atoms with E-state index in [9.17, 15) is 8.42 Å². The highest BCUT2D eigenvalue weighted by Crippen LogP contribution is 2.31. The van der Waals surface area contributed by atoms with Crippen LogP contribution in [0, 0.1) is 0 Å². The summed E-state index contributed by atoms with van der Waals surface area (Å²) in [4.78, 5) is 0. The predicted molar refractivity (Wildman–Crippen MR) is 77.3 cm³/mol. The van der Waals surface area contributed by atoms with Crippen molar-refractivity contribution in [2.45, 2.75) is 25.8 Å². The van der Waals surface area contributed by atoms with E-state index in [4.69, 9.17) is 10.5 Å². The van der Waals surface area contributed by atoms with Gasteiger partial charge in [0, 0.05) is 6.04 Å². The van der Waals surface area contributed by atoms with E-state index in [1.54, 1.807) is 0 Å². The first-order chi connectivity index (χ1) is 9.02. The van der Waals surface area contributed by atoms with Crippen molar-refractivity contribution in [3.8, 4) is 5.75 Å². The third-order valence-corrected chi connectivity index (χ3v) is 4.89. The quantitative estimate of drug-likeness (QED) is 0.804. The summed E-state index contributed by atoms with van der Waals surface area (Å²) >= 11 is 0. The molecule has 3 N–H and O–H groups in total. The maximum Gasteiger partial charge on any atom is 0.152 e. The lowest BCUT2D eigenvalue weighted by molar-refractivity contribution is 0.319. The van der Waals surface area contributed by atoms with Gasteiger partial charge in [0.25, 0.3) is 0 Å². The fraction of sp³-hybridized carbons (Fsp3) is 0.538. The number of sulfone groups is 1. The molecule has 0 bridgehead atoms. The summed E-state index contributed by atoms with van der Waals surface area (Å²) in [5.41, 5.74) is 7.32. The van der Waals surface area contributed by atoms with Crippen molar-refractivity contribution in [2.75, 3.05) is 29.2 Å². The zero-order chi connectivity index (χ0) is 13.9. The van der Waals surface area contributed by atoms with Gasteiger partial charge in [0.2, 0.25) is 0 Å². The Morgan fingerprint density at radius 1 is 1.47 bits per heavy atom. The second-order valence-corrected chi connectivity index (χ2v) is 7.04. The van der Waals surface area contributed by atoms with Crippen LogP contribution in [0.2, 0.25) is 0 Å². The Labute approximate surface area is 114 Å². The SMILES string of the molecule is CCCOc1cccc(NC2CCS(=O)(=O)C2)c1N. The Morgan fingerprint density at radius 3 is 2.89 bits per heavy atom. The van der Waals surface area contributed by atoms with Crippen LogP contribution in [-0.4, -0.2) is 32.6 Å². The molecule has 2 rings (SSSR count). The molecule has 0 radical (unpaired) electrons. The number of rotatable bonds is 5. The van der Waals surface area contributed by atoms with Gasteiger partial charge >= 0.3 is 0 Å². The van der Waals surface area contributed by atoms with Crippen LogP contribution in [0.25, 0.3) is 0 Å². The van der Waals surface area contributed by atoms with E-state index >= 15 is 0 Å². The first kappa shape index (κ1) is 14.0. The molecule has 19 heavy (non-hydrogen) atoms. The third-order valence-electron chi connectivity index (χ3n) is 3.12. The van der Waals surface area contributed by atoms with Gasteiger partial charge < -0.3 is 15.8 Å². The first-order valence-electron chi connectivity index (χ1n) is 6.50. The van der Waals surface area contributed by atoms with Crippen molar-refractivity contribution in [1.82, 2.24) is 0 Å². The minimum Gasteiger partial charge on any atom is -0.491 e. The number of nitrogens with two attached hydrogens (primary N) is 1. The number of hydrogen-bond acceptors (Lipinski definition) is 5. The first-order valence-corrected chi connectivity index (χ1v) is 8.32. The van der Waals surface area contributed by atoms with E-state index < -0.39 is 9.84 Å². The molecular weight excluding hydrogens is 264 g/mol. The Hall–Kier alpha value is -1.43. The van der Waals surface area contributed by atoms with Crippen molar-refractivity contribution in [3.63, 3.8) is 0 Å². The summed E-state index contributed by atoms with van der Waals surface area (Å²) in [5.74, 6) is 1.07. The molecule has 0 amide bonds. The highest BCUT2D eigenvalue weighted by Gasteiger charge is 2.28. The third kappa shape index (κ3) is 3.53. The summed E-state index contributed by atoms with van der Waals surface area (Å²) in [6.45, 7) is 2.65. The lowest BCUT2D eigenvalue weighted by Crippen LogP contribution is -2.21. The van der Waals surface area contributed by atoms with Crippen molar-refractivity contribution in [1.29, 1.82) is 0 Å². The minimum absolute atomic E-state index is 0.0614. The van der Waals surface area contributed by atoms with Crippen molar-refractivity contribution in [3.05, 3.63) is 18.2 Å². The maximum atomic E-state index is 11.4. The van der Waals surface area contributed by atoms with Gasteiger partial charge in [-0.05, 0) is 25.0 Å². The van der Waals surface area contributed by atoms with E-state index in [2.05, 4.69) is 5.32 Å². The Kier molecular flexibility index (Phi) is 4.19. The van der Waals surface area contributed by atoms with Gasteiger partial charge in [-0.1, -0.05) is 13.0 Å². The standard InChI is InChI=1S/C13H20N2O3S/c1-2-7-18-12-5-3-4-11(13(12)14)15-10-6-8-19(16,17)9-10/h3-5,10,15H,2,6-9,14H2,1H3. The summed E-state index contributed by atoms with van der Waals surface area (Å²) in [5, 5.41) is 3.20. The summed E-state index contributed by atoms with van der Waals surface area (Å²) < 4.78 is 28.4. The Balaban J connectivity index is 2.08. The molecule has 1 aliphatic heterocycles. The van der Waals surface area contributed by atoms with Gasteiger partial charge in [0.1, 0.15) is 5.75 Å². The number of para-hydroxylation sites is 1. The van der Waals surface area contributed by atoms with Crippen LogP contribution < -0.4 is 15.8 Å². The molecule has 6 heteroatoms. The van der Waals surface area contributed by atoms with E-state index in [0.717, 1.165) is 12.1 Å². The fourth-order valence-electron chi connectivity index (χ4n) is 2.14. The molecular formula is C13H20N2O3S. The molecule has 0 spiro atoms. The number of benzene rings is 1. The Bertz CT molecular complexity index is 543. The lowest BCUT2D eigenvalue weighted by atomic mass is 10.2. The number of anilines is 2. The van der Waals surface area contributed by atoms with Crippen LogP contribution >= 0.6 is 0 Å². The monoisotopic (exact) mass is 284 g/mol. The number of nitrogen functional groups attached to an aromatic ring is 1. The van der Waals surface area contributed by atoms with E-state index in [0.29, 0.717) is 24.5 Å². The molecule has 1 atom stereocenters. The average molecular weight is 284 g/mol. The average Bonchev–Trinajstić information content (AvgIpc) is 2.70. The zero-order valence-corrected chi connectivity index (χ0v) is 11.9. The summed E-state index contributed by atoms with van der Waals surface area (Å²) in [6.07, 6.45) is 1.54. The molecule has 1 aromatic carbocycles. The number of ether oxygens (including phenoxy) is 1. The van der Waals surface area contributed by atoms with Crippen LogP contribution in [0.15, 0.2) is 18.2 Å². The van der Waals surface area contributed by atoms with E-state index in [1.165, 1.54) is 0 Å². The van der Waals surface area contributed by atoms with Gasteiger partial charge in [0.15, 0.2) is 9.84 Å². The molecule has 0 aliphatic carbocycles. The molecule has 1 aliphatic rings. The largest absolute Gasteiger partial charge is 0.491 e. The molecule has 1 aromatic rings. The smallest absolute Gasteiger partial charge is 0.152 e. The predicted octanol–water partition coefficient (Wildman–Crippen LogP) is 1.66. The van der Waals surface area contributed by atoms with E-state index in [1.807, 2.05) is 25.1 Å². The van der Waals surface area contributed by atoms with Crippen LogP contribution in [0.3, 0.4) is 0 Å². The van der Waals surface area contributed by atoms with Crippen molar-refractivity contribution < 1.29 is 13.2 Å². The van der Waals surface area contributed by atoms with Crippen molar-refractivity contribution in [2.24, 2.45) is 0 Å². The van der Waals surface area contributed by atoms with Gasteiger partial charge in [-0.25, -0.2) is 8.42 Å². The molecule has 0 saturated carbocycles. The van der Waals surface area contributed by atoms with Gasteiger partial charge in [0.05, 0.1) is 29.5 Å². The minimum atomic E-state index is -2.89. The van der Waals surface area contributed by atoms with Crippen LogP contribution in [0.4, 0.5) is 11.4 Å². The second-order valence-electron chi connectivity index (χ2n) is 4.81. The van der Waals surface area contributed by atoms with Crippen molar-refractivity contribution >= 4 is 21.2 Å². The molecule has 1 heterocycles. The lowest BCUT2D eigenvalue weighted by Gasteiger charge is -2.16. The van der Waals surface area contributed by atoms with Gasteiger partial charge in [-0.2, -0.15) is 0 Å². The summed E-state index contributed by atoms with van der Waals surface area (Å²) in [7, 11) is -2.89. The summed E-state index contributed by atoms with van der Waals surface area (Å²) in [6, 6.07) is 5.46. The normalized spacial score (nSPS) is 21.2. The fourth-order valence-corrected chi connectivity index (χ4v) is 3.81. The van der Waals surface area contributed by atoms with Crippen LogP contribution in [0.1, 0.15) is 19.8 Å². The molecule has 1 saturated heterocycles. The van der Waals surface area contributed by atoms with Crippen LogP contribution in [-0.2, 0) is 9.84 Å². The molecule has 5 nitrogen and oxygen atoms in total. The zero-order valence-electron chi connectivity index (χ0n) is 11.1. The Morgan fingerprint density at radius 2 is 2.26 bits per heavy atom. The second kappa shape index (κ2) is 5.69. The molecule has 1 unspecified atom stereocenters. The molecule has 106 valence electrons. The highest BCUT2D eigenvalue weighted by molar-refractivity contribution is 7.91. The number of nitrogens with one attached hydrogen (secondary N) is 1. The maximum absolute atomic E-state index is 11.4. The van der Waals surface area contributed by atoms with Gasteiger partial charge in [-0.3, -0.25) is 0 Å². The van der Waals surface area contributed by atoms with Crippen LogP contribution in [0.5, 0.6) is 5.75 Å². The molecule has 0 aromatic heterocycles. The van der Waals surface area contributed by atoms with Gasteiger partial charge in [-0.15, -0.1) is 0 Å². The topological polar surface area (TPSA) is 81.4 Å².